The van der Waals surface area contributed by atoms with Crippen LogP contribution in [0.4, 0.5) is 0 Å². The molecule has 2 N–H and O–H groups in total. The van der Waals surface area contributed by atoms with Crippen molar-refractivity contribution in [1.82, 2.24) is 15.0 Å². The Kier molecular flexibility index (Phi) is 1.93. The van der Waals surface area contributed by atoms with Crippen LogP contribution in [0.1, 0.15) is 2.85 Å². The largest absolute Gasteiger partial charge is 0.329 e. The molecule has 0 atom stereocenters. The summed E-state index contributed by atoms with van der Waals surface area (Å²) >= 11 is 6.69. The van der Waals surface area contributed by atoms with Gasteiger partial charge in [-0.05, 0) is 35.8 Å². The normalized spacial score (nSPS) is 10.9. The molecule has 3 nitrogen and oxygen atoms in total. The number of imidazole rings is 1. The van der Waals surface area contributed by atoms with E-state index in [1.54, 1.807) is 11.3 Å². The monoisotopic (exact) mass is 237 g/mol. The van der Waals surface area contributed by atoms with Crippen molar-refractivity contribution in [3.05, 3.63) is 34.4 Å². The van der Waals surface area contributed by atoms with Crippen molar-refractivity contribution in [2.45, 2.75) is 0 Å². The zero-order valence-corrected chi connectivity index (χ0v) is 9.28. The highest BCUT2D eigenvalue weighted by Gasteiger charge is 2.03. The molecule has 0 aliphatic rings. The summed E-state index contributed by atoms with van der Waals surface area (Å²) in [5.41, 5.74) is 2.73. The van der Waals surface area contributed by atoms with Crippen LogP contribution in [-0.2, 0) is 0 Å². The van der Waals surface area contributed by atoms with Crippen LogP contribution in [0.3, 0.4) is 0 Å². The third-order valence-corrected chi connectivity index (χ3v) is 3.25. The molecule has 3 heterocycles. The van der Waals surface area contributed by atoms with Crippen molar-refractivity contribution in [3.63, 3.8) is 0 Å². The van der Waals surface area contributed by atoms with E-state index in [1.807, 2.05) is 23.6 Å². The zero-order valence-electron chi connectivity index (χ0n) is 7.65. The molecule has 0 aliphatic carbocycles. The number of rotatable bonds is 1. The van der Waals surface area contributed by atoms with E-state index in [1.165, 1.54) is 0 Å². The maximum atomic E-state index is 5.01. The number of aromatic amines is 2. The number of H-pyrrole nitrogens is 2. The fraction of sp³-hybridized carbons (Fsp3) is 0. The lowest BCUT2D eigenvalue weighted by molar-refractivity contribution is 1.27. The van der Waals surface area contributed by atoms with Gasteiger partial charge in [0.05, 0.1) is 16.1 Å². The Morgan fingerprint density at radius 2 is 2.20 bits per heavy atom. The molecular weight excluding hydrogens is 226 g/mol. The first kappa shape index (κ1) is 8.82. The number of thiophene rings is 1. The van der Waals surface area contributed by atoms with Gasteiger partial charge >= 0.3 is 0 Å². The molecule has 0 spiro atoms. The van der Waals surface area contributed by atoms with Gasteiger partial charge in [-0.2, -0.15) is 0 Å². The van der Waals surface area contributed by atoms with Crippen LogP contribution in [0.15, 0.2) is 29.6 Å². The van der Waals surface area contributed by atoms with Gasteiger partial charge in [0, 0.05) is 2.85 Å². The van der Waals surface area contributed by atoms with Gasteiger partial charge in [-0.15, -0.1) is 11.3 Å². The first-order valence-corrected chi connectivity index (χ1v) is 5.75. The van der Waals surface area contributed by atoms with E-state index >= 15 is 0 Å². The Balaban J connectivity index is 0.000000722. The summed E-state index contributed by atoms with van der Waals surface area (Å²) in [6, 6.07) is 8.06. The number of aromatic nitrogens is 3. The standard InChI is InChI=1S/C10H7N3S2.2H2/c14-10-12-7-4-3-6(11-9(7)13-10)8-2-1-5-15-8;;/h1-5H,(H2,11,12,13,14);2*1H. The van der Waals surface area contributed by atoms with Crippen LogP contribution >= 0.6 is 23.6 Å². The summed E-state index contributed by atoms with van der Waals surface area (Å²) in [5.74, 6) is 0. The lowest BCUT2D eigenvalue weighted by Crippen LogP contribution is -1.81. The van der Waals surface area contributed by atoms with Gasteiger partial charge in [0.1, 0.15) is 0 Å². The van der Waals surface area contributed by atoms with Gasteiger partial charge in [-0.3, -0.25) is 0 Å². The smallest absolute Gasteiger partial charge is 0.176 e. The minimum Gasteiger partial charge on any atom is -0.329 e. The molecule has 0 aliphatic heterocycles. The summed E-state index contributed by atoms with van der Waals surface area (Å²) in [6.07, 6.45) is 0. The van der Waals surface area contributed by atoms with Gasteiger partial charge in [0.25, 0.3) is 0 Å². The van der Waals surface area contributed by atoms with Crippen molar-refractivity contribution in [2.24, 2.45) is 0 Å². The Morgan fingerprint density at radius 1 is 1.27 bits per heavy atom. The highest BCUT2D eigenvalue weighted by Crippen LogP contribution is 2.23. The summed E-state index contributed by atoms with van der Waals surface area (Å²) in [6.45, 7) is 0. The molecule has 78 valence electrons. The second-order valence-corrected chi connectivity index (χ2v) is 4.51. The second-order valence-electron chi connectivity index (χ2n) is 3.15. The van der Waals surface area contributed by atoms with Gasteiger partial charge < -0.3 is 9.97 Å². The first-order valence-electron chi connectivity index (χ1n) is 4.46. The Labute approximate surface area is 97.8 Å². The summed E-state index contributed by atoms with van der Waals surface area (Å²) in [4.78, 5) is 11.7. The highest BCUT2D eigenvalue weighted by atomic mass is 32.1. The number of fused-ring (bicyclic) bond motifs is 1. The van der Waals surface area contributed by atoms with Gasteiger partial charge in [0.15, 0.2) is 10.4 Å². The maximum absolute atomic E-state index is 5.01. The molecule has 0 saturated heterocycles. The molecular formula is C10H11N3S2. The zero-order chi connectivity index (χ0) is 10.3. The molecule has 3 aromatic heterocycles. The van der Waals surface area contributed by atoms with Crippen LogP contribution in [-0.4, -0.2) is 15.0 Å². The van der Waals surface area contributed by atoms with Crippen LogP contribution in [0, 0.1) is 4.77 Å². The van der Waals surface area contributed by atoms with E-state index in [9.17, 15) is 0 Å². The Hall–Kier alpha value is -1.46. The Bertz CT molecular complexity index is 658. The maximum Gasteiger partial charge on any atom is 0.176 e. The van der Waals surface area contributed by atoms with E-state index in [2.05, 4.69) is 21.0 Å². The van der Waals surface area contributed by atoms with Crippen molar-refractivity contribution >= 4 is 34.7 Å². The first-order chi connectivity index (χ1) is 7.33. The lowest BCUT2D eigenvalue weighted by Gasteiger charge is -1.95. The summed E-state index contributed by atoms with van der Waals surface area (Å²) in [7, 11) is 0. The molecule has 3 aromatic rings. The third-order valence-electron chi connectivity index (χ3n) is 2.15. The molecule has 0 bridgehead atoms. The molecule has 0 unspecified atom stereocenters. The van der Waals surface area contributed by atoms with Crippen molar-refractivity contribution < 1.29 is 2.85 Å². The van der Waals surface area contributed by atoms with Gasteiger partial charge in [-0.1, -0.05) is 6.07 Å². The number of nitrogens with zero attached hydrogens (tertiary/aromatic N) is 1. The average Bonchev–Trinajstić information content (AvgIpc) is 2.82. The number of hydrogen-bond acceptors (Lipinski definition) is 3. The molecule has 3 rings (SSSR count). The molecule has 0 amide bonds. The quantitative estimate of drug-likeness (QED) is 0.631. The summed E-state index contributed by atoms with van der Waals surface area (Å²) < 4.78 is 0.612. The average molecular weight is 237 g/mol. The van der Waals surface area contributed by atoms with E-state index in [0.717, 1.165) is 21.7 Å². The number of pyridine rings is 1. The van der Waals surface area contributed by atoms with E-state index < -0.39 is 0 Å². The predicted molar refractivity (Wildman–Crippen MR) is 68.8 cm³/mol. The SMILES string of the molecule is S=c1[nH]c2ccc(-c3cccs3)nc2[nH]1.[HH].[HH]. The van der Waals surface area contributed by atoms with Crippen molar-refractivity contribution in [3.8, 4) is 10.6 Å². The van der Waals surface area contributed by atoms with Gasteiger partial charge in [-0.25, -0.2) is 4.98 Å². The Morgan fingerprint density at radius 3 is 3.00 bits per heavy atom. The van der Waals surface area contributed by atoms with Gasteiger partial charge in [0.2, 0.25) is 0 Å². The molecule has 15 heavy (non-hydrogen) atoms. The minimum atomic E-state index is 0. The fourth-order valence-corrected chi connectivity index (χ4v) is 2.38. The van der Waals surface area contributed by atoms with Crippen LogP contribution in [0.25, 0.3) is 21.7 Å². The highest BCUT2D eigenvalue weighted by molar-refractivity contribution is 7.71. The van der Waals surface area contributed by atoms with Crippen molar-refractivity contribution in [2.75, 3.05) is 0 Å². The molecule has 0 fully saturated rings. The fourth-order valence-electron chi connectivity index (χ4n) is 1.48. The molecule has 0 saturated carbocycles. The van der Waals surface area contributed by atoms with Crippen LogP contribution in [0.5, 0.6) is 0 Å². The predicted octanol–water partition coefficient (Wildman–Crippen LogP) is 3.84. The topological polar surface area (TPSA) is 44.5 Å². The number of nitrogens with one attached hydrogen (secondary N) is 2. The minimum absolute atomic E-state index is 0. The van der Waals surface area contributed by atoms with E-state index in [0.29, 0.717) is 4.77 Å². The molecule has 0 radical (unpaired) electrons. The summed E-state index contributed by atoms with van der Waals surface area (Å²) in [5, 5.41) is 2.04. The van der Waals surface area contributed by atoms with Crippen LogP contribution in [0.2, 0.25) is 0 Å². The number of hydrogen-bond donors (Lipinski definition) is 2. The lowest BCUT2D eigenvalue weighted by atomic mass is 10.3. The van der Waals surface area contributed by atoms with E-state index in [-0.39, 0.29) is 2.85 Å². The molecule has 5 heteroatoms. The van der Waals surface area contributed by atoms with Crippen molar-refractivity contribution in [1.29, 1.82) is 0 Å². The van der Waals surface area contributed by atoms with Crippen LogP contribution < -0.4 is 0 Å². The third kappa shape index (κ3) is 1.49. The molecule has 0 aromatic carbocycles. The van der Waals surface area contributed by atoms with E-state index in [4.69, 9.17) is 12.2 Å². The second kappa shape index (κ2) is 3.29.